The second-order valence-corrected chi connectivity index (χ2v) is 5.45. The second kappa shape index (κ2) is 6.37. The van der Waals surface area contributed by atoms with E-state index in [-0.39, 0.29) is 18.0 Å². The summed E-state index contributed by atoms with van der Waals surface area (Å²) in [5, 5.41) is 18.1. The van der Waals surface area contributed by atoms with Gasteiger partial charge in [0.25, 0.3) is 0 Å². The summed E-state index contributed by atoms with van der Waals surface area (Å²) in [6, 6.07) is 10.1. The van der Waals surface area contributed by atoms with Crippen molar-refractivity contribution >= 4 is 0 Å². The van der Waals surface area contributed by atoms with Crippen LogP contribution in [0.4, 0.5) is 4.39 Å². The molecular formula is C16H18FN3O2. The summed E-state index contributed by atoms with van der Waals surface area (Å²) in [4.78, 5) is 2.13. The zero-order valence-electron chi connectivity index (χ0n) is 12.3. The molecule has 0 spiro atoms. The quantitative estimate of drug-likeness (QED) is 0.935. The molecule has 116 valence electrons. The standard InChI is InChI=1S/C16H18FN3O2/c1-22-16-7-6-13(18-19-16)9-20-10-14(21)8-15(20)11-2-4-12(17)5-3-11/h2-7,14-15,21H,8-10H2,1H3/t14-,15-/m1/s1. The highest BCUT2D eigenvalue weighted by atomic mass is 19.1. The second-order valence-electron chi connectivity index (χ2n) is 5.45. The maximum atomic E-state index is 13.1. The van der Waals surface area contributed by atoms with Gasteiger partial charge >= 0.3 is 0 Å². The highest BCUT2D eigenvalue weighted by Gasteiger charge is 2.32. The maximum Gasteiger partial charge on any atom is 0.233 e. The number of aliphatic hydroxyl groups excluding tert-OH is 1. The first kappa shape index (κ1) is 14.9. The number of likely N-dealkylation sites (tertiary alicyclic amines) is 1. The van der Waals surface area contributed by atoms with Gasteiger partial charge in [-0.1, -0.05) is 12.1 Å². The molecule has 1 aliphatic heterocycles. The Hall–Kier alpha value is -2.05. The van der Waals surface area contributed by atoms with Crippen molar-refractivity contribution in [2.75, 3.05) is 13.7 Å². The average Bonchev–Trinajstić information content (AvgIpc) is 2.89. The highest BCUT2D eigenvalue weighted by molar-refractivity contribution is 5.22. The van der Waals surface area contributed by atoms with Crippen molar-refractivity contribution in [3.63, 3.8) is 0 Å². The van der Waals surface area contributed by atoms with Gasteiger partial charge in [0.1, 0.15) is 5.82 Å². The minimum absolute atomic E-state index is 0.0551. The van der Waals surface area contributed by atoms with E-state index in [1.165, 1.54) is 12.1 Å². The topological polar surface area (TPSA) is 58.5 Å². The zero-order chi connectivity index (χ0) is 15.5. The van der Waals surface area contributed by atoms with Crippen LogP contribution in [-0.4, -0.2) is 40.0 Å². The Morgan fingerprint density at radius 3 is 2.64 bits per heavy atom. The molecule has 0 aliphatic carbocycles. The first-order valence-electron chi connectivity index (χ1n) is 7.20. The molecule has 0 radical (unpaired) electrons. The third-order valence-electron chi connectivity index (χ3n) is 3.91. The smallest absolute Gasteiger partial charge is 0.233 e. The number of ether oxygens (including phenoxy) is 1. The molecular weight excluding hydrogens is 285 g/mol. The normalized spacial score (nSPS) is 22.0. The van der Waals surface area contributed by atoms with Crippen LogP contribution in [0.15, 0.2) is 36.4 Å². The summed E-state index contributed by atoms with van der Waals surface area (Å²) in [6.45, 7) is 1.14. The van der Waals surface area contributed by atoms with E-state index in [2.05, 4.69) is 15.1 Å². The molecule has 1 N–H and O–H groups in total. The number of aliphatic hydroxyl groups is 1. The fourth-order valence-corrected chi connectivity index (χ4v) is 2.83. The SMILES string of the molecule is COc1ccc(CN2C[C@H](O)C[C@@H]2c2ccc(F)cc2)nn1. The lowest BCUT2D eigenvalue weighted by molar-refractivity contribution is 0.172. The van der Waals surface area contributed by atoms with Gasteiger partial charge in [-0.15, -0.1) is 5.10 Å². The lowest BCUT2D eigenvalue weighted by Crippen LogP contribution is -2.25. The monoisotopic (exact) mass is 303 g/mol. The van der Waals surface area contributed by atoms with Crippen LogP contribution in [0.25, 0.3) is 0 Å². The lowest BCUT2D eigenvalue weighted by atomic mass is 10.0. The van der Waals surface area contributed by atoms with Gasteiger partial charge < -0.3 is 9.84 Å². The summed E-state index contributed by atoms with van der Waals surface area (Å²) in [6.07, 6.45) is 0.246. The van der Waals surface area contributed by atoms with E-state index in [0.29, 0.717) is 25.4 Å². The van der Waals surface area contributed by atoms with Crippen LogP contribution in [0.1, 0.15) is 23.7 Å². The van der Waals surface area contributed by atoms with E-state index in [4.69, 9.17) is 4.74 Å². The van der Waals surface area contributed by atoms with Crippen LogP contribution in [0, 0.1) is 5.82 Å². The van der Waals surface area contributed by atoms with Gasteiger partial charge in [-0.05, 0) is 30.2 Å². The molecule has 1 fully saturated rings. The summed E-state index contributed by atoms with van der Waals surface area (Å²) < 4.78 is 18.1. The third kappa shape index (κ3) is 3.23. The van der Waals surface area contributed by atoms with Crippen molar-refractivity contribution in [1.82, 2.24) is 15.1 Å². The molecule has 1 aromatic heterocycles. The zero-order valence-corrected chi connectivity index (χ0v) is 12.3. The van der Waals surface area contributed by atoms with Crippen LogP contribution < -0.4 is 4.74 Å². The molecule has 6 heteroatoms. The number of hydrogen-bond donors (Lipinski definition) is 1. The van der Waals surface area contributed by atoms with Crippen LogP contribution in [0.5, 0.6) is 5.88 Å². The average molecular weight is 303 g/mol. The number of rotatable bonds is 4. The van der Waals surface area contributed by atoms with Crippen molar-refractivity contribution in [2.24, 2.45) is 0 Å². The number of nitrogens with zero attached hydrogens (tertiary/aromatic N) is 3. The van der Waals surface area contributed by atoms with Crippen molar-refractivity contribution in [3.8, 4) is 5.88 Å². The summed E-state index contributed by atoms with van der Waals surface area (Å²) in [5.41, 5.74) is 1.81. The van der Waals surface area contributed by atoms with Crippen LogP contribution in [0.2, 0.25) is 0 Å². The van der Waals surface area contributed by atoms with E-state index in [1.807, 2.05) is 6.07 Å². The summed E-state index contributed by atoms with van der Waals surface area (Å²) >= 11 is 0. The van der Waals surface area contributed by atoms with Gasteiger partial charge in [0.2, 0.25) is 5.88 Å². The Morgan fingerprint density at radius 1 is 1.23 bits per heavy atom. The predicted molar refractivity (Wildman–Crippen MR) is 78.8 cm³/mol. The largest absolute Gasteiger partial charge is 0.480 e. The van der Waals surface area contributed by atoms with Gasteiger partial charge in [-0.2, -0.15) is 5.10 Å². The molecule has 1 aromatic carbocycles. The van der Waals surface area contributed by atoms with Crippen molar-refractivity contribution < 1.29 is 14.2 Å². The molecule has 1 saturated heterocycles. The molecule has 5 nitrogen and oxygen atoms in total. The van der Waals surface area contributed by atoms with E-state index in [1.54, 1.807) is 25.3 Å². The minimum Gasteiger partial charge on any atom is -0.480 e. The number of aromatic nitrogens is 2. The number of benzene rings is 1. The van der Waals surface area contributed by atoms with Crippen molar-refractivity contribution in [3.05, 3.63) is 53.5 Å². The van der Waals surface area contributed by atoms with Crippen molar-refractivity contribution in [2.45, 2.75) is 25.1 Å². The molecule has 0 unspecified atom stereocenters. The highest BCUT2D eigenvalue weighted by Crippen LogP contribution is 2.33. The van der Waals surface area contributed by atoms with Gasteiger partial charge in [0.05, 0.1) is 18.9 Å². The Balaban J connectivity index is 1.76. The van der Waals surface area contributed by atoms with Gasteiger partial charge in [0.15, 0.2) is 0 Å². The van der Waals surface area contributed by atoms with Crippen molar-refractivity contribution in [1.29, 1.82) is 0 Å². The summed E-state index contributed by atoms with van der Waals surface area (Å²) in [5.74, 6) is 0.218. The van der Waals surface area contributed by atoms with Gasteiger partial charge in [0, 0.05) is 25.2 Å². The molecule has 2 heterocycles. The van der Waals surface area contributed by atoms with E-state index in [0.717, 1.165) is 11.3 Å². The van der Waals surface area contributed by atoms with E-state index < -0.39 is 0 Å². The maximum absolute atomic E-state index is 13.1. The van der Waals surface area contributed by atoms with Crippen LogP contribution >= 0.6 is 0 Å². The van der Waals surface area contributed by atoms with Crippen LogP contribution in [0.3, 0.4) is 0 Å². The number of β-amino-alcohol motifs (C(OH)–C–C–N with tert-alkyl or cyclic N) is 1. The Labute approximate surface area is 128 Å². The van der Waals surface area contributed by atoms with Gasteiger partial charge in [-0.3, -0.25) is 4.90 Å². The molecule has 2 atom stereocenters. The number of hydrogen-bond acceptors (Lipinski definition) is 5. The van der Waals surface area contributed by atoms with E-state index in [9.17, 15) is 9.50 Å². The molecule has 22 heavy (non-hydrogen) atoms. The Kier molecular flexibility index (Phi) is 4.31. The Bertz CT molecular complexity index is 618. The lowest BCUT2D eigenvalue weighted by Gasteiger charge is -2.23. The molecule has 0 saturated carbocycles. The van der Waals surface area contributed by atoms with Gasteiger partial charge in [-0.25, -0.2) is 4.39 Å². The molecule has 3 rings (SSSR count). The number of halogens is 1. The minimum atomic E-state index is -0.388. The van der Waals surface area contributed by atoms with E-state index >= 15 is 0 Å². The third-order valence-corrected chi connectivity index (χ3v) is 3.91. The van der Waals surface area contributed by atoms with Crippen LogP contribution in [-0.2, 0) is 6.54 Å². The Morgan fingerprint density at radius 2 is 2.00 bits per heavy atom. The fourth-order valence-electron chi connectivity index (χ4n) is 2.83. The number of methoxy groups -OCH3 is 1. The molecule has 0 bridgehead atoms. The molecule has 0 amide bonds. The molecule has 1 aliphatic rings. The first-order chi connectivity index (χ1) is 10.7. The predicted octanol–water partition coefficient (Wildman–Crippen LogP) is 1.93. The summed E-state index contributed by atoms with van der Waals surface area (Å²) in [7, 11) is 1.55. The fraction of sp³-hybridized carbons (Fsp3) is 0.375. The first-order valence-corrected chi connectivity index (χ1v) is 7.20. The molecule has 2 aromatic rings.